The van der Waals surface area contributed by atoms with Gasteiger partial charge in [0.2, 0.25) is 5.13 Å². The van der Waals surface area contributed by atoms with Crippen molar-refractivity contribution in [1.29, 1.82) is 0 Å². The Kier molecular flexibility index (Phi) is 9.05. The lowest BCUT2D eigenvalue weighted by molar-refractivity contribution is 0.221. The fraction of sp³-hybridized carbons (Fsp3) is 0.667. The topological polar surface area (TPSA) is 61.7 Å². The number of rotatable bonds is 12. The number of hydrogen-bond donors (Lipinski definition) is 0. The summed E-state index contributed by atoms with van der Waals surface area (Å²) in [6.07, 6.45) is 8.91. The van der Waals surface area contributed by atoms with Crippen LogP contribution in [0.2, 0.25) is 0 Å². The number of aliphatic imine (C=N–C) groups is 1. The summed E-state index contributed by atoms with van der Waals surface area (Å²) in [5.41, 5.74) is 0. The summed E-state index contributed by atoms with van der Waals surface area (Å²) in [5, 5.41) is 9.95. The van der Waals surface area contributed by atoms with E-state index in [0.29, 0.717) is 24.1 Å². The Morgan fingerprint density at radius 1 is 1.31 bits per heavy atom. The first-order valence-electron chi connectivity index (χ1n) is 9.32. The van der Waals surface area contributed by atoms with Crippen molar-refractivity contribution in [3.63, 3.8) is 0 Å². The SMILES string of the molecule is C=CCCc1nnc(N2C(=O)N(CCCCl)CC2=NCCCCCC)s1. The predicted molar refractivity (Wildman–Crippen MR) is 110 cm³/mol. The van der Waals surface area contributed by atoms with Crippen LogP contribution in [-0.2, 0) is 6.42 Å². The Labute approximate surface area is 165 Å². The molecule has 0 bridgehead atoms. The molecule has 0 spiro atoms. The lowest BCUT2D eigenvalue weighted by Crippen LogP contribution is -2.33. The lowest BCUT2D eigenvalue weighted by atomic mass is 10.2. The number of anilines is 1. The van der Waals surface area contributed by atoms with Gasteiger partial charge in [-0.2, -0.15) is 0 Å². The molecule has 0 aliphatic carbocycles. The number of amidine groups is 1. The Hall–Kier alpha value is -1.47. The van der Waals surface area contributed by atoms with Crippen LogP contribution in [0.3, 0.4) is 0 Å². The number of aromatic nitrogens is 2. The third-order valence-corrected chi connectivity index (χ3v) is 5.37. The van der Waals surface area contributed by atoms with Gasteiger partial charge in [0.15, 0.2) is 0 Å². The van der Waals surface area contributed by atoms with Crippen molar-refractivity contribution < 1.29 is 4.79 Å². The van der Waals surface area contributed by atoms with Gasteiger partial charge in [-0.25, -0.2) is 9.69 Å². The van der Waals surface area contributed by atoms with E-state index in [1.165, 1.54) is 30.6 Å². The number of halogens is 1. The predicted octanol–water partition coefficient (Wildman–Crippen LogP) is 4.51. The largest absolute Gasteiger partial charge is 0.332 e. The minimum absolute atomic E-state index is 0.0751. The van der Waals surface area contributed by atoms with E-state index in [-0.39, 0.29) is 6.03 Å². The van der Waals surface area contributed by atoms with Crippen LogP contribution < -0.4 is 4.90 Å². The molecule has 1 aliphatic heterocycles. The van der Waals surface area contributed by atoms with Crippen molar-refractivity contribution in [3.8, 4) is 0 Å². The van der Waals surface area contributed by atoms with Crippen LogP contribution in [0.15, 0.2) is 17.6 Å². The molecule has 0 unspecified atom stereocenters. The second-order valence-electron chi connectivity index (χ2n) is 6.25. The van der Waals surface area contributed by atoms with Gasteiger partial charge in [0.05, 0.1) is 6.54 Å². The van der Waals surface area contributed by atoms with Crippen LogP contribution in [0.4, 0.5) is 9.93 Å². The number of carbonyl (C=O) groups is 1. The van der Waals surface area contributed by atoms with Crippen molar-refractivity contribution in [3.05, 3.63) is 17.7 Å². The van der Waals surface area contributed by atoms with Crippen LogP contribution in [0.5, 0.6) is 0 Å². The number of urea groups is 1. The Morgan fingerprint density at radius 2 is 2.15 bits per heavy atom. The maximum absolute atomic E-state index is 12.8. The zero-order valence-electron chi connectivity index (χ0n) is 15.5. The molecule has 2 amide bonds. The Balaban J connectivity index is 2.11. The molecule has 0 aromatic carbocycles. The summed E-state index contributed by atoms with van der Waals surface area (Å²) >= 11 is 7.24. The summed E-state index contributed by atoms with van der Waals surface area (Å²) in [6, 6.07) is -0.0751. The normalized spacial score (nSPS) is 16.1. The van der Waals surface area contributed by atoms with Crippen molar-refractivity contribution >= 4 is 39.9 Å². The van der Waals surface area contributed by atoms with Crippen LogP contribution in [0.25, 0.3) is 0 Å². The number of nitrogens with zero attached hydrogens (tertiary/aromatic N) is 5. The van der Waals surface area contributed by atoms with E-state index in [1.54, 1.807) is 9.80 Å². The number of carbonyl (C=O) groups excluding carboxylic acids is 1. The third-order valence-electron chi connectivity index (χ3n) is 4.13. The fourth-order valence-corrected chi connectivity index (χ4v) is 3.70. The van der Waals surface area contributed by atoms with E-state index in [9.17, 15) is 4.79 Å². The molecule has 1 saturated heterocycles. The highest BCUT2D eigenvalue weighted by Crippen LogP contribution is 2.26. The van der Waals surface area contributed by atoms with Crippen molar-refractivity contribution in [2.75, 3.05) is 30.4 Å². The van der Waals surface area contributed by atoms with Gasteiger partial charge in [-0.3, -0.25) is 4.99 Å². The monoisotopic (exact) mass is 397 g/mol. The molecule has 0 atom stereocenters. The van der Waals surface area contributed by atoms with Gasteiger partial charge >= 0.3 is 6.03 Å². The number of allylic oxidation sites excluding steroid dienone is 1. The highest BCUT2D eigenvalue weighted by Gasteiger charge is 2.37. The zero-order valence-corrected chi connectivity index (χ0v) is 17.1. The minimum Gasteiger partial charge on any atom is -0.316 e. The van der Waals surface area contributed by atoms with Crippen LogP contribution in [-0.4, -0.2) is 52.5 Å². The van der Waals surface area contributed by atoms with Gasteiger partial charge in [-0.1, -0.05) is 43.6 Å². The molecular formula is C18H28ClN5OS. The maximum Gasteiger partial charge on any atom is 0.332 e. The summed E-state index contributed by atoms with van der Waals surface area (Å²) in [4.78, 5) is 21.0. The Morgan fingerprint density at radius 3 is 2.88 bits per heavy atom. The Bertz CT molecular complexity index is 618. The highest BCUT2D eigenvalue weighted by atomic mass is 35.5. The van der Waals surface area contributed by atoms with E-state index in [0.717, 1.165) is 43.1 Å². The fourth-order valence-electron chi connectivity index (χ4n) is 2.71. The second kappa shape index (κ2) is 11.3. The molecule has 0 N–H and O–H groups in total. The number of amides is 2. The molecule has 144 valence electrons. The molecule has 26 heavy (non-hydrogen) atoms. The zero-order chi connectivity index (χ0) is 18.8. The number of aryl methyl sites for hydroxylation is 1. The van der Waals surface area contributed by atoms with Gasteiger partial charge in [-0.05, 0) is 19.3 Å². The molecule has 2 rings (SSSR count). The molecule has 1 aliphatic rings. The smallest absolute Gasteiger partial charge is 0.316 e. The number of alkyl halides is 1. The minimum atomic E-state index is -0.0751. The van der Waals surface area contributed by atoms with E-state index >= 15 is 0 Å². The van der Waals surface area contributed by atoms with Gasteiger partial charge in [0.1, 0.15) is 10.8 Å². The van der Waals surface area contributed by atoms with E-state index < -0.39 is 0 Å². The third kappa shape index (κ3) is 5.77. The average Bonchev–Trinajstić information content (AvgIpc) is 3.22. The van der Waals surface area contributed by atoms with E-state index in [4.69, 9.17) is 16.6 Å². The number of hydrogen-bond acceptors (Lipinski definition) is 5. The molecule has 8 heteroatoms. The van der Waals surface area contributed by atoms with Gasteiger partial charge in [0.25, 0.3) is 0 Å². The molecule has 1 fully saturated rings. The molecule has 2 heterocycles. The van der Waals surface area contributed by atoms with E-state index in [1.807, 2.05) is 6.08 Å². The molecule has 0 saturated carbocycles. The average molecular weight is 398 g/mol. The van der Waals surface area contributed by atoms with Gasteiger partial charge in [-0.15, -0.1) is 28.4 Å². The summed E-state index contributed by atoms with van der Waals surface area (Å²) in [5.74, 6) is 1.31. The molecule has 1 aromatic rings. The van der Waals surface area contributed by atoms with Gasteiger partial charge < -0.3 is 4.90 Å². The first-order valence-corrected chi connectivity index (χ1v) is 10.7. The first-order chi connectivity index (χ1) is 12.7. The van der Waals surface area contributed by atoms with E-state index in [2.05, 4.69) is 23.7 Å². The van der Waals surface area contributed by atoms with Crippen LogP contribution >= 0.6 is 22.9 Å². The molecule has 1 aromatic heterocycles. The summed E-state index contributed by atoms with van der Waals surface area (Å²) in [6.45, 7) is 7.82. The van der Waals surface area contributed by atoms with Crippen LogP contribution in [0.1, 0.15) is 50.5 Å². The summed E-state index contributed by atoms with van der Waals surface area (Å²) < 4.78 is 0. The maximum atomic E-state index is 12.8. The van der Waals surface area contributed by atoms with Crippen molar-refractivity contribution in [2.45, 2.75) is 51.9 Å². The molecular weight excluding hydrogens is 370 g/mol. The molecule has 6 nitrogen and oxygen atoms in total. The highest BCUT2D eigenvalue weighted by molar-refractivity contribution is 7.15. The second-order valence-corrected chi connectivity index (χ2v) is 7.66. The van der Waals surface area contributed by atoms with Crippen molar-refractivity contribution in [1.82, 2.24) is 15.1 Å². The van der Waals surface area contributed by atoms with Gasteiger partial charge in [0, 0.05) is 25.4 Å². The standard InChI is InChI=1S/C18H28ClN5OS/c1-3-5-7-8-12-20-15-14-23(13-9-11-19)18(25)24(15)17-22-21-16(26-17)10-6-4-2/h4H,2-3,5-14H2,1H3. The summed E-state index contributed by atoms with van der Waals surface area (Å²) in [7, 11) is 0. The first kappa shape index (κ1) is 20.8. The van der Waals surface area contributed by atoms with Crippen molar-refractivity contribution in [2.24, 2.45) is 4.99 Å². The van der Waals surface area contributed by atoms with Crippen LogP contribution in [0, 0.1) is 0 Å². The quantitative estimate of drug-likeness (QED) is 0.296. The number of unbranched alkanes of at least 4 members (excludes halogenated alkanes) is 3. The lowest BCUT2D eigenvalue weighted by Gasteiger charge is -2.14. The molecule has 0 radical (unpaired) electrons.